The van der Waals surface area contributed by atoms with Crippen LogP contribution in [0, 0.1) is 12.7 Å². The second-order valence-corrected chi connectivity index (χ2v) is 7.02. The highest BCUT2D eigenvalue weighted by molar-refractivity contribution is 5.94. The van der Waals surface area contributed by atoms with Crippen molar-refractivity contribution < 1.29 is 14.3 Å². The molecule has 0 aliphatic carbocycles. The summed E-state index contributed by atoms with van der Waals surface area (Å²) in [6.45, 7) is 2.37. The lowest BCUT2D eigenvalue weighted by Crippen LogP contribution is -2.25. The summed E-state index contributed by atoms with van der Waals surface area (Å²) in [5.74, 6) is -0.222. The van der Waals surface area contributed by atoms with Crippen molar-refractivity contribution in [1.82, 2.24) is 10.3 Å². The van der Waals surface area contributed by atoms with E-state index in [4.69, 9.17) is 0 Å². The number of nitrogens with one attached hydrogen (secondary N) is 2. The quantitative estimate of drug-likeness (QED) is 0.452. The SMILES string of the molecule is Cc1[nH]c2c(F)cccc2c1CCNC(=O)c1ccc(-c2cccc(O)c2)cc1. The number of carbonyl (C=O) groups is 1. The minimum absolute atomic E-state index is 0.156. The minimum Gasteiger partial charge on any atom is -0.508 e. The van der Waals surface area contributed by atoms with Gasteiger partial charge in [0.1, 0.15) is 11.6 Å². The number of carbonyl (C=O) groups excluding carboxylic acids is 1. The van der Waals surface area contributed by atoms with Crippen molar-refractivity contribution >= 4 is 16.8 Å². The number of amides is 1. The maximum Gasteiger partial charge on any atom is 0.251 e. The van der Waals surface area contributed by atoms with Crippen LogP contribution in [0.15, 0.2) is 66.7 Å². The van der Waals surface area contributed by atoms with Crippen LogP contribution in [0.5, 0.6) is 5.75 Å². The molecular weight excluding hydrogens is 367 g/mol. The molecule has 0 spiro atoms. The number of aromatic hydroxyl groups is 1. The maximum atomic E-state index is 13.9. The van der Waals surface area contributed by atoms with Crippen LogP contribution in [0.25, 0.3) is 22.0 Å². The third-order valence-corrected chi connectivity index (χ3v) is 5.09. The van der Waals surface area contributed by atoms with Gasteiger partial charge in [-0.2, -0.15) is 0 Å². The van der Waals surface area contributed by atoms with Gasteiger partial charge in [0.05, 0.1) is 5.52 Å². The van der Waals surface area contributed by atoms with E-state index in [1.807, 2.05) is 31.2 Å². The Balaban J connectivity index is 1.42. The van der Waals surface area contributed by atoms with Gasteiger partial charge in [0, 0.05) is 23.2 Å². The Hall–Kier alpha value is -3.60. The Morgan fingerprint density at radius 1 is 1.03 bits per heavy atom. The largest absolute Gasteiger partial charge is 0.508 e. The molecule has 1 heterocycles. The van der Waals surface area contributed by atoms with Crippen molar-refractivity contribution in [2.45, 2.75) is 13.3 Å². The lowest BCUT2D eigenvalue weighted by atomic mass is 10.0. The van der Waals surface area contributed by atoms with Crippen molar-refractivity contribution in [2.75, 3.05) is 6.54 Å². The van der Waals surface area contributed by atoms with Gasteiger partial charge in [-0.3, -0.25) is 4.79 Å². The number of hydrogen-bond donors (Lipinski definition) is 3. The van der Waals surface area contributed by atoms with Crippen LogP contribution in [0.4, 0.5) is 4.39 Å². The number of rotatable bonds is 5. The van der Waals surface area contributed by atoms with Gasteiger partial charge in [0.15, 0.2) is 0 Å². The Morgan fingerprint density at radius 3 is 2.55 bits per heavy atom. The highest BCUT2D eigenvalue weighted by Crippen LogP contribution is 2.25. The third-order valence-electron chi connectivity index (χ3n) is 5.09. The molecule has 0 radical (unpaired) electrons. The van der Waals surface area contributed by atoms with E-state index in [0.29, 0.717) is 24.0 Å². The van der Waals surface area contributed by atoms with E-state index < -0.39 is 0 Å². The number of fused-ring (bicyclic) bond motifs is 1. The molecule has 0 bridgehead atoms. The smallest absolute Gasteiger partial charge is 0.251 e. The fourth-order valence-corrected chi connectivity index (χ4v) is 3.59. The van der Waals surface area contributed by atoms with Crippen LogP contribution < -0.4 is 5.32 Å². The van der Waals surface area contributed by atoms with Crippen LogP contribution in [0.2, 0.25) is 0 Å². The molecule has 1 aromatic heterocycles. The second kappa shape index (κ2) is 7.80. The van der Waals surface area contributed by atoms with Gasteiger partial charge in [-0.1, -0.05) is 36.4 Å². The zero-order valence-electron chi connectivity index (χ0n) is 16.0. The summed E-state index contributed by atoms with van der Waals surface area (Å²) < 4.78 is 13.9. The van der Waals surface area contributed by atoms with Gasteiger partial charge in [-0.05, 0) is 60.4 Å². The number of para-hydroxylation sites is 1. The molecule has 4 rings (SSSR count). The molecule has 0 saturated carbocycles. The molecule has 0 saturated heterocycles. The fourth-order valence-electron chi connectivity index (χ4n) is 3.59. The second-order valence-electron chi connectivity index (χ2n) is 7.02. The van der Waals surface area contributed by atoms with Crippen LogP contribution in [-0.2, 0) is 6.42 Å². The highest BCUT2D eigenvalue weighted by atomic mass is 19.1. The Bertz CT molecular complexity index is 1180. The number of halogens is 1. The normalized spacial score (nSPS) is 11.0. The Kier molecular flexibility index (Phi) is 5.04. The van der Waals surface area contributed by atoms with Crippen molar-refractivity contribution in [2.24, 2.45) is 0 Å². The fraction of sp³-hybridized carbons (Fsp3) is 0.125. The van der Waals surface area contributed by atoms with E-state index in [2.05, 4.69) is 10.3 Å². The predicted octanol–water partition coefficient (Wildman–Crippen LogP) is 4.96. The van der Waals surface area contributed by atoms with E-state index in [1.54, 1.807) is 36.4 Å². The summed E-state index contributed by atoms with van der Waals surface area (Å²) in [4.78, 5) is 15.5. The number of aromatic nitrogens is 1. The van der Waals surface area contributed by atoms with Crippen LogP contribution in [0.3, 0.4) is 0 Å². The summed E-state index contributed by atoms with van der Waals surface area (Å²) in [6, 6.07) is 19.3. The molecule has 0 atom stereocenters. The summed E-state index contributed by atoms with van der Waals surface area (Å²) >= 11 is 0. The standard InChI is InChI=1S/C24H21FN2O2/c1-15-20(21-6-3-7-22(25)23(21)27-15)12-13-26-24(29)17-10-8-16(9-11-17)18-4-2-5-19(28)14-18/h2-11,14,27-28H,12-13H2,1H3,(H,26,29). The average molecular weight is 388 g/mol. The molecule has 0 aliphatic rings. The highest BCUT2D eigenvalue weighted by Gasteiger charge is 2.12. The monoisotopic (exact) mass is 388 g/mol. The van der Waals surface area contributed by atoms with Gasteiger partial charge in [0.25, 0.3) is 5.91 Å². The number of aromatic amines is 1. The van der Waals surface area contributed by atoms with Crippen LogP contribution in [-0.4, -0.2) is 22.5 Å². The summed E-state index contributed by atoms with van der Waals surface area (Å²) in [7, 11) is 0. The van der Waals surface area contributed by atoms with Crippen molar-refractivity contribution in [3.05, 3.63) is 89.4 Å². The van der Waals surface area contributed by atoms with E-state index in [0.717, 1.165) is 27.8 Å². The van der Waals surface area contributed by atoms with E-state index in [-0.39, 0.29) is 17.5 Å². The lowest BCUT2D eigenvalue weighted by Gasteiger charge is -2.07. The van der Waals surface area contributed by atoms with Gasteiger partial charge in [0.2, 0.25) is 0 Å². The molecule has 4 aromatic rings. The molecule has 5 heteroatoms. The zero-order valence-corrected chi connectivity index (χ0v) is 16.0. The number of phenols is 1. The number of phenolic OH excluding ortho intramolecular Hbond substituents is 1. The maximum absolute atomic E-state index is 13.9. The van der Waals surface area contributed by atoms with E-state index in [9.17, 15) is 14.3 Å². The van der Waals surface area contributed by atoms with Crippen molar-refractivity contribution in [1.29, 1.82) is 0 Å². The molecule has 3 aromatic carbocycles. The topological polar surface area (TPSA) is 65.1 Å². The van der Waals surface area contributed by atoms with Gasteiger partial charge >= 0.3 is 0 Å². The van der Waals surface area contributed by atoms with E-state index in [1.165, 1.54) is 6.07 Å². The first-order valence-electron chi connectivity index (χ1n) is 9.46. The van der Waals surface area contributed by atoms with Gasteiger partial charge < -0.3 is 15.4 Å². The number of aryl methyl sites for hydroxylation is 1. The van der Waals surface area contributed by atoms with Crippen molar-refractivity contribution in [3.8, 4) is 16.9 Å². The molecule has 0 aliphatic heterocycles. The molecule has 29 heavy (non-hydrogen) atoms. The summed E-state index contributed by atoms with van der Waals surface area (Å²) in [5, 5.41) is 13.4. The van der Waals surface area contributed by atoms with E-state index >= 15 is 0 Å². The minimum atomic E-state index is -0.271. The summed E-state index contributed by atoms with van der Waals surface area (Å²) in [5.41, 5.74) is 4.81. The first kappa shape index (κ1) is 18.7. The Labute approximate surface area is 168 Å². The number of hydrogen-bond acceptors (Lipinski definition) is 2. The number of benzene rings is 3. The molecule has 1 amide bonds. The van der Waals surface area contributed by atoms with Crippen LogP contribution in [0.1, 0.15) is 21.6 Å². The molecule has 4 nitrogen and oxygen atoms in total. The predicted molar refractivity (Wildman–Crippen MR) is 113 cm³/mol. The van der Waals surface area contributed by atoms with Gasteiger partial charge in [-0.15, -0.1) is 0 Å². The first-order chi connectivity index (χ1) is 14.0. The molecule has 3 N–H and O–H groups in total. The molecular formula is C24H21FN2O2. The molecule has 146 valence electrons. The summed E-state index contributed by atoms with van der Waals surface area (Å²) in [6.07, 6.45) is 0.613. The zero-order chi connectivity index (χ0) is 20.4. The third kappa shape index (κ3) is 3.85. The number of H-pyrrole nitrogens is 1. The first-order valence-corrected chi connectivity index (χ1v) is 9.46. The molecule has 0 fully saturated rings. The lowest BCUT2D eigenvalue weighted by molar-refractivity contribution is 0.0954. The molecule has 0 unspecified atom stereocenters. The van der Waals surface area contributed by atoms with Crippen molar-refractivity contribution in [3.63, 3.8) is 0 Å². The Morgan fingerprint density at radius 2 is 1.79 bits per heavy atom. The van der Waals surface area contributed by atoms with Crippen LogP contribution >= 0.6 is 0 Å². The average Bonchev–Trinajstić information content (AvgIpc) is 3.05. The van der Waals surface area contributed by atoms with Gasteiger partial charge in [-0.25, -0.2) is 4.39 Å².